The number of rotatable bonds is 5. The van der Waals surface area contributed by atoms with Gasteiger partial charge in [-0.15, -0.1) is 11.3 Å². The Balaban J connectivity index is 1.74. The van der Waals surface area contributed by atoms with Crippen molar-refractivity contribution in [1.29, 1.82) is 0 Å². The number of nitrogens with zero attached hydrogens (tertiary/aromatic N) is 3. The Bertz CT molecular complexity index is 933. The maximum absolute atomic E-state index is 10.1. The highest BCUT2D eigenvalue weighted by Crippen LogP contribution is 2.39. The largest absolute Gasteiger partial charge is 0.396 e. The first kappa shape index (κ1) is 18.4. The average molecular weight is 406 g/mol. The van der Waals surface area contributed by atoms with Crippen LogP contribution in [0.1, 0.15) is 12.8 Å². The predicted molar refractivity (Wildman–Crippen MR) is 108 cm³/mol. The Morgan fingerprint density at radius 2 is 2.04 bits per heavy atom. The normalized spacial score (nSPS) is 22.3. The van der Waals surface area contributed by atoms with Crippen LogP contribution in [0.2, 0.25) is 5.15 Å². The molecule has 1 aliphatic rings. The molecule has 0 amide bonds. The Morgan fingerprint density at radius 1 is 1.22 bits per heavy atom. The van der Waals surface area contributed by atoms with Crippen molar-refractivity contribution in [2.24, 2.45) is 5.92 Å². The zero-order valence-corrected chi connectivity index (χ0v) is 16.3. The monoisotopic (exact) mass is 405 g/mol. The van der Waals surface area contributed by atoms with E-state index in [1.807, 2.05) is 24.3 Å². The van der Waals surface area contributed by atoms with E-state index in [4.69, 9.17) is 11.6 Å². The van der Waals surface area contributed by atoms with Crippen molar-refractivity contribution >= 4 is 44.9 Å². The maximum Gasteiger partial charge on any atom is 0.225 e. The second-order valence-corrected chi connectivity index (χ2v) is 8.01. The fourth-order valence-electron chi connectivity index (χ4n) is 3.43. The van der Waals surface area contributed by atoms with Crippen molar-refractivity contribution in [2.75, 3.05) is 24.3 Å². The first-order chi connectivity index (χ1) is 13.1. The van der Waals surface area contributed by atoms with Crippen molar-refractivity contribution in [3.8, 4) is 10.6 Å². The number of anilines is 2. The number of thiazole rings is 1. The molecule has 0 spiro atoms. The average Bonchev–Trinajstić information content (AvgIpc) is 3.23. The van der Waals surface area contributed by atoms with E-state index in [1.165, 1.54) is 11.3 Å². The molecule has 4 N–H and O–H groups in total. The van der Waals surface area contributed by atoms with Crippen LogP contribution in [-0.4, -0.2) is 51.0 Å². The SMILES string of the molecule is CNc1nc(Cl)c(-c2nc3ccccc3s2)c(N[C@@H]2C[C@H](CO)[C@@H](O)C2)n1. The van der Waals surface area contributed by atoms with E-state index in [2.05, 4.69) is 25.6 Å². The van der Waals surface area contributed by atoms with E-state index in [1.54, 1.807) is 7.05 Å². The van der Waals surface area contributed by atoms with Gasteiger partial charge in [0, 0.05) is 25.6 Å². The minimum atomic E-state index is -0.528. The zero-order chi connectivity index (χ0) is 19.0. The molecule has 142 valence electrons. The van der Waals surface area contributed by atoms with Crippen LogP contribution in [0.4, 0.5) is 11.8 Å². The minimum absolute atomic E-state index is 0.0130. The molecule has 0 aliphatic heterocycles. The molecule has 0 saturated heterocycles. The molecule has 1 aromatic carbocycles. The summed E-state index contributed by atoms with van der Waals surface area (Å²) in [6.45, 7) is -0.0314. The van der Waals surface area contributed by atoms with Gasteiger partial charge in [-0.25, -0.2) is 9.97 Å². The van der Waals surface area contributed by atoms with Gasteiger partial charge in [-0.1, -0.05) is 23.7 Å². The fraction of sp³-hybridized carbons (Fsp3) is 0.389. The highest BCUT2D eigenvalue weighted by molar-refractivity contribution is 7.21. The van der Waals surface area contributed by atoms with Crippen molar-refractivity contribution in [2.45, 2.75) is 25.0 Å². The predicted octanol–water partition coefficient (Wildman–Crippen LogP) is 2.99. The fourth-order valence-corrected chi connectivity index (χ4v) is 4.76. The molecule has 4 rings (SSSR count). The van der Waals surface area contributed by atoms with E-state index in [9.17, 15) is 10.2 Å². The van der Waals surface area contributed by atoms with Gasteiger partial charge in [0.05, 0.1) is 21.9 Å². The summed E-state index contributed by atoms with van der Waals surface area (Å²) in [5.74, 6) is 0.855. The lowest BCUT2D eigenvalue weighted by Crippen LogP contribution is -2.19. The molecule has 2 heterocycles. The third kappa shape index (κ3) is 3.58. The Kier molecular flexibility index (Phi) is 5.14. The lowest BCUT2D eigenvalue weighted by Gasteiger charge is -2.17. The van der Waals surface area contributed by atoms with E-state index in [0.29, 0.717) is 35.3 Å². The van der Waals surface area contributed by atoms with Crippen LogP contribution in [0.3, 0.4) is 0 Å². The van der Waals surface area contributed by atoms with Gasteiger partial charge in [-0.3, -0.25) is 0 Å². The number of hydrogen-bond acceptors (Lipinski definition) is 8. The third-order valence-corrected chi connectivity index (χ3v) is 6.16. The number of aromatic nitrogens is 3. The molecular weight excluding hydrogens is 386 g/mol. The molecule has 0 bridgehead atoms. The summed E-state index contributed by atoms with van der Waals surface area (Å²) in [6, 6.07) is 7.88. The molecule has 0 unspecified atom stereocenters. The summed E-state index contributed by atoms with van der Waals surface area (Å²) < 4.78 is 1.06. The van der Waals surface area contributed by atoms with Crippen molar-refractivity contribution in [3.63, 3.8) is 0 Å². The van der Waals surface area contributed by atoms with Crippen LogP contribution in [0.25, 0.3) is 20.8 Å². The van der Waals surface area contributed by atoms with Crippen molar-refractivity contribution in [3.05, 3.63) is 29.4 Å². The standard InChI is InChI=1S/C18H20ClN5O2S/c1-20-18-23-15(19)14(17-22-11-4-2-3-5-13(11)27-17)16(24-18)21-10-6-9(8-25)12(26)7-10/h2-5,9-10,12,25-26H,6-8H2,1H3,(H2,20,21,23,24)/t9-,10-,12+/m1/s1. The van der Waals surface area contributed by atoms with Gasteiger partial charge in [0.15, 0.2) is 0 Å². The van der Waals surface area contributed by atoms with Gasteiger partial charge in [0.2, 0.25) is 5.95 Å². The molecule has 27 heavy (non-hydrogen) atoms. The molecular formula is C18H20ClN5O2S. The highest BCUT2D eigenvalue weighted by atomic mass is 35.5. The van der Waals surface area contributed by atoms with Crippen LogP contribution in [0.5, 0.6) is 0 Å². The highest BCUT2D eigenvalue weighted by Gasteiger charge is 2.33. The summed E-state index contributed by atoms with van der Waals surface area (Å²) in [5.41, 5.74) is 1.55. The van der Waals surface area contributed by atoms with E-state index < -0.39 is 6.10 Å². The van der Waals surface area contributed by atoms with Gasteiger partial charge in [-0.2, -0.15) is 4.98 Å². The Labute approximate surface area is 165 Å². The van der Waals surface area contributed by atoms with E-state index in [0.717, 1.165) is 15.2 Å². The van der Waals surface area contributed by atoms with Crippen LogP contribution in [0, 0.1) is 5.92 Å². The van der Waals surface area contributed by atoms with Gasteiger partial charge in [0.25, 0.3) is 0 Å². The molecule has 0 radical (unpaired) electrons. The van der Waals surface area contributed by atoms with E-state index >= 15 is 0 Å². The lowest BCUT2D eigenvalue weighted by molar-refractivity contribution is 0.0908. The minimum Gasteiger partial charge on any atom is -0.396 e. The van der Waals surface area contributed by atoms with Crippen LogP contribution < -0.4 is 10.6 Å². The first-order valence-corrected chi connectivity index (χ1v) is 9.95. The third-order valence-electron chi connectivity index (χ3n) is 4.83. The Hall–Kier alpha value is -2.00. The van der Waals surface area contributed by atoms with Crippen LogP contribution >= 0.6 is 22.9 Å². The number of benzene rings is 1. The molecule has 1 fully saturated rings. The van der Waals surface area contributed by atoms with Crippen LogP contribution in [-0.2, 0) is 0 Å². The number of halogens is 1. The number of nitrogens with one attached hydrogen (secondary N) is 2. The summed E-state index contributed by atoms with van der Waals surface area (Å²) in [7, 11) is 1.73. The maximum atomic E-state index is 10.1. The molecule has 7 nitrogen and oxygen atoms in total. The summed E-state index contributed by atoms with van der Waals surface area (Å²) in [5, 5.41) is 26.8. The quantitative estimate of drug-likeness (QED) is 0.484. The summed E-state index contributed by atoms with van der Waals surface area (Å²) in [4.78, 5) is 13.5. The van der Waals surface area contributed by atoms with Gasteiger partial charge < -0.3 is 20.8 Å². The molecule has 9 heteroatoms. The second-order valence-electron chi connectivity index (χ2n) is 6.62. The molecule has 2 aromatic heterocycles. The first-order valence-electron chi connectivity index (χ1n) is 8.75. The molecule has 1 saturated carbocycles. The van der Waals surface area contributed by atoms with E-state index in [-0.39, 0.29) is 18.6 Å². The number of para-hydroxylation sites is 1. The Morgan fingerprint density at radius 3 is 2.74 bits per heavy atom. The molecule has 1 aliphatic carbocycles. The number of hydrogen-bond donors (Lipinski definition) is 4. The molecule has 3 atom stereocenters. The number of aliphatic hydroxyl groups is 2. The van der Waals surface area contributed by atoms with Gasteiger partial charge in [-0.05, 0) is 25.0 Å². The summed E-state index contributed by atoms with van der Waals surface area (Å²) >= 11 is 8.02. The van der Waals surface area contributed by atoms with Crippen molar-refractivity contribution < 1.29 is 10.2 Å². The molecule has 3 aromatic rings. The smallest absolute Gasteiger partial charge is 0.225 e. The zero-order valence-electron chi connectivity index (χ0n) is 14.7. The second kappa shape index (κ2) is 7.55. The number of fused-ring (bicyclic) bond motifs is 1. The topological polar surface area (TPSA) is 103 Å². The number of aliphatic hydroxyl groups excluding tert-OH is 2. The lowest BCUT2D eigenvalue weighted by atomic mass is 10.1. The summed E-state index contributed by atoms with van der Waals surface area (Å²) in [6.07, 6.45) is 0.675. The van der Waals surface area contributed by atoms with Crippen molar-refractivity contribution in [1.82, 2.24) is 15.0 Å². The van der Waals surface area contributed by atoms with Gasteiger partial charge in [0.1, 0.15) is 16.0 Å². The van der Waals surface area contributed by atoms with Crippen LogP contribution in [0.15, 0.2) is 24.3 Å². The van der Waals surface area contributed by atoms with Gasteiger partial charge >= 0.3 is 0 Å².